The molecular formula is C11H20N2O5S. The first-order valence-electron chi connectivity index (χ1n) is 6.50. The van der Waals surface area contributed by atoms with E-state index in [1.54, 1.807) is 0 Å². The molecule has 2 aliphatic rings. The molecule has 0 aromatic carbocycles. The normalized spacial score (nSPS) is 23.3. The highest BCUT2D eigenvalue weighted by atomic mass is 32.2. The van der Waals surface area contributed by atoms with Crippen molar-refractivity contribution in [1.29, 1.82) is 0 Å². The molecule has 0 radical (unpaired) electrons. The van der Waals surface area contributed by atoms with Gasteiger partial charge in [0.05, 0.1) is 13.1 Å². The first kappa shape index (κ1) is 14.7. The van der Waals surface area contributed by atoms with Gasteiger partial charge in [-0.3, -0.25) is 0 Å². The molecule has 0 amide bonds. The summed E-state index contributed by atoms with van der Waals surface area (Å²) in [6.45, 7) is 2.10. The third-order valence-corrected chi connectivity index (χ3v) is 5.45. The van der Waals surface area contributed by atoms with Crippen LogP contribution in [0.15, 0.2) is 0 Å². The van der Waals surface area contributed by atoms with Crippen molar-refractivity contribution in [2.24, 2.45) is 5.92 Å². The number of rotatable bonds is 7. The first-order valence-corrected chi connectivity index (χ1v) is 7.90. The van der Waals surface area contributed by atoms with E-state index < -0.39 is 21.8 Å². The molecule has 1 saturated heterocycles. The van der Waals surface area contributed by atoms with Gasteiger partial charge in [-0.15, -0.1) is 0 Å². The van der Waals surface area contributed by atoms with Gasteiger partial charge in [0, 0.05) is 13.1 Å². The molecule has 1 saturated carbocycles. The van der Waals surface area contributed by atoms with Gasteiger partial charge in [0.1, 0.15) is 0 Å². The van der Waals surface area contributed by atoms with Crippen molar-refractivity contribution in [1.82, 2.24) is 8.61 Å². The fourth-order valence-corrected chi connectivity index (χ4v) is 4.03. The maximum absolute atomic E-state index is 12.3. The average molecular weight is 292 g/mol. The van der Waals surface area contributed by atoms with Crippen molar-refractivity contribution < 1.29 is 23.4 Å². The van der Waals surface area contributed by atoms with E-state index in [1.807, 2.05) is 6.92 Å². The summed E-state index contributed by atoms with van der Waals surface area (Å²) >= 11 is 0. The predicted octanol–water partition coefficient (Wildman–Crippen LogP) is -0.515. The molecule has 0 aromatic heterocycles. The van der Waals surface area contributed by atoms with Crippen LogP contribution in [0.5, 0.6) is 0 Å². The van der Waals surface area contributed by atoms with Gasteiger partial charge in [-0.1, -0.05) is 6.92 Å². The number of carboxylic acids is 1. The van der Waals surface area contributed by atoms with Gasteiger partial charge in [0.2, 0.25) is 0 Å². The van der Waals surface area contributed by atoms with Crippen LogP contribution in [0.4, 0.5) is 0 Å². The lowest BCUT2D eigenvalue weighted by molar-refractivity contribution is -0.170. The van der Waals surface area contributed by atoms with Crippen LogP contribution in [0, 0.1) is 5.92 Å². The van der Waals surface area contributed by atoms with Crippen LogP contribution >= 0.6 is 0 Å². The minimum atomic E-state index is -3.64. The summed E-state index contributed by atoms with van der Waals surface area (Å²) in [5, 5.41) is 18.4. The monoisotopic (exact) mass is 292 g/mol. The van der Waals surface area contributed by atoms with E-state index in [2.05, 4.69) is 0 Å². The van der Waals surface area contributed by atoms with Crippen molar-refractivity contribution in [3.8, 4) is 0 Å². The number of carbonyl (C=O) groups is 1. The second kappa shape index (κ2) is 5.01. The highest BCUT2D eigenvalue weighted by molar-refractivity contribution is 7.86. The standard InChI is InChI=1S/C11H20N2O5S/c1-2-5-12(6-9-3-4-9)19(17,18)13-7-11(16,8-13)10(14)15/h9,16H,2-8H2,1H3,(H,14,15). The molecule has 0 atom stereocenters. The highest BCUT2D eigenvalue weighted by Gasteiger charge is 2.54. The molecule has 1 aliphatic carbocycles. The second-order valence-corrected chi connectivity index (χ2v) is 7.34. The van der Waals surface area contributed by atoms with Crippen molar-refractivity contribution in [3.05, 3.63) is 0 Å². The summed E-state index contributed by atoms with van der Waals surface area (Å²) in [4.78, 5) is 10.8. The molecule has 2 N–H and O–H groups in total. The van der Waals surface area contributed by atoms with Gasteiger partial charge in [0.25, 0.3) is 10.2 Å². The number of nitrogens with zero attached hydrogens (tertiary/aromatic N) is 2. The van der Waals surface area contributed by atoms with Gasteiger partial charge >= 0.3 is 5.97 Å². The van der Waals surface area contributed by atoms with Gasteiger partial charge in [-0.2, -0.15) is 17.0 Å². The van der Waals surface area contributed by atoms with Crippen molar-refractivity contribution in [2.45, 2.75) is 31.8 Å². The lowest BCUT2D eigenvalue weighted by atomic mass is 9.98. The maximum atomic E-state index is 12.3. The van der Waals surface area contributed by atoms with E-state index in [1.165, 1.54) is 4.31 Å². The molecule has 1 aliphatic heterocycles. The number of aliphatic carboxylic acids is 1. The predicted molar refractivity (Wildman–Crippen MR) is 67.7 cm³/mol. The number of hydrogen-bond acceptors (Lipinski definition) is 4. The SMILES string of the molecule is CCCN(CC1CC1)S(=O)(=O)N1CC(O)(C(=O)O)C1. The fraction of sp³-hybridized carbons (Fsp3) is 0.909. The summed E-state index contributed by atoms with van der Waals surface area (Å²) in [6.07, 6.45) is 2.81. The van der Waals surface area contributed by atoms with Crippen LogP contribution in [-0.4, -0.2) is 65.0 Å². The van der Waals surface area contributed by atoms with E-state index in [4.69, 9.17) is 5.11 Å². The third kappa shape index (κ3) is 2.91. The van der Waals surface area contributed by atoms with Crippen LogP contribution in [0.1, 0.15) is 26.2 Å². The zero-order valence-corrected chi connectivity index (χ0v) is 11.8. The minimum absolute atomic E-state index is 0.366. The van der Waals surface area contributed by atoms with Gasteiger partial charge in [-0.25, -0.2) is 4.79 Å². The van der Waals surface area contributed by atoms with Crippen molar-refractivity contribution in [3.63, 3.8) is 0 Å². The van der Waals surface area contributed by atoms with E-state index in [9.17, 15) is 18.3 Å². The van der Waals surface area contributed by atoms with Crippen LogP contribution in [-0.2, 0) is 15.0 Å². The number of aliphatic hydroxyl groups is 1. The molecule has 8 heteroatoms. The Bertz CT molecular complexity index is 454. The van der Waals surface area contributed by atoms with E-state index in [-0.39, 0.29) is 13.1 Å². The van der Waals surface area contributed by atoms with E-state index >= 15 is 0 Å². The minimum Gasteiger partial charge on any atom is -0.479 e. The van der Waals surface area contributed by atoms with Crippen LogP contribution in [0.2, 0.25) is 0 Å². The fourth-order valence-electron chi connectivity index (χ4n) is 2.14. The molecule has 1 heterocycles. The summed E-state index contributed by atoms with van der Waals surface area (Å²) in [5.74, 6) is -0.941. The van der Waals surface area contributed by atoms with Gasteiger partial charge < -0.3 is 10.2 Å². The Kier molecular flexibility index (Phi) is 3.87. The average Bonchev–Trinajstić information content (AvgIpc) is 3.07. The van der Waals surface area contributed by atoms with Crippen LogP contribution in [0.25, 0.3) is 0 Å². The van der Waals surface area contributed by atoms with Crippen LogP contribution < -0.4 is 0 Å². The Hall–Kier alpha value is -0.700. The summed E-state index contributed by atoms with van der Waals surface area (Å²) in [5.41, 5.74) is -1.93. The molecule has 2 fully saturated rings. The Morgan fingerprint density at radius 2 is 2.00 bits per heavy atom. The topological polar surface area (TPSA) is 98.2 Å². The third-order valence-electron chi connectivity index (χ3n) is 3.56. The Labute approximate surface area is 113 Å². The number of β-amino-alcohol motifs (C(OH)–C–C–N with tert-alkyl or cyclic N) is 1. The molecule has 0 aromatic rings. The largest absolute Gasteiger partial charge is 0.479 e. The smallest absolute Gasteiger partial charge is 0.338 e. The molecule has 0 bridgehead atoms. The molecular weight excluding hydrogens is 272 g/mol. The molecule has 19 heavy (non-hydrogen) atoms. The van der Waals surface area contributed by atoms with Crippen molar-refractivity contribution >= 4 is 16.2 Å². The molecule has 0 spiro atoms. The summed E-state index contributed by atoms with van der Waals surface area (Å²) < 4.78 is 27.1. The number of carboxylic acid groups (broad SMARTS) is 1. The Balaban J connectivity index is 2.02. The van der Waals surface area contributed by atoms with Crippen molar-refractivity contribution in [2.75, 3.05) is 26.2 Å². The summed E-state index contributed by atoms with van der Waals surface area (Å²) in [7, 11) is -3.64. The maximum Gasteiger partial charge on any atom is 0.338 e. The number of hydrogen-bond donors (Lipinski definition) is 2. The quantitative estimate of drug-likeness (QED) is 0.658. The molecule has 7 nitrogen and oxygen atoms in total. The van der Waals surface area contributed by atoms with E-state index in [0.717, 1.165) is 17.1 Å². The molecule has 0 unspecified atom stereocenters. The van der Waals surface area contributed by atoms with Gasteiger partial charge in [-0.05, 0) is 25.2 Å². The zero-order valence-electron chi connectivity index (χ0n) is 10.9. The summed E-state index contributed by atoms with van der Waals surface area (Å²) in [6, 6.07) is 0. The first-order chi connectivity index (χ1) is 8.79. The molecule has 110 valence electrons. The Morgan fingerprint density at radius 1 is 1.42 bits per heavy atom. The lowest BCUT2D eigenvalue weighted by Gasteiger charge is -2.44. The van der Waals surface area contributed by atoms with E-state index in [0.29, 0.717) is 25.4 Å². The second-order valence-electron chi connectivity index (χ2n) is 5.41. The highest BCUT2D eigenvalue weighted by Crippen LogP contribution is 2.32. The Morgan fingerprint density at radius 3 is 2.42 bits per heavy atom. The zero-order chi connectivity index (χ0) is 14.3. The van der Waals surface area contributed by atoms with Crippen LogP contribution in [0.3, 0.4) is 0 Å². The lowest BCUT2D eigenvalue weighted by Crippen LogP contribution is -2.69. The van der Waals surface area contributed by atoms with Gasteiger partial charge in [0.15, 0.2) is 5.60 Å². The molecule has 2 rings (SSSR count).